The number of carbonyl (C=O) groups excluding carboxylic acids is 1. The summed E-state index contributed by atoms with van der Waals surface area (Å²) < 4.78 is 2.15. The Morgan fingerprint density at radius 2 is 1.97 bits per heavy atom. The molecule has 1 heterocycles. The molecule has 0 N–H and O–H groups in total. The Bertz CT molecular complexity index is 752. The molecule has 29 heavy (non-hydrogen) atoms. The van der Waals surface area contributed by atoms with Gasteiger partial charge in [-0.25, -0.2) is 0 Å². The van der Waals surface area contributed by atoms with E-state index in [-0.39, 0.29) is 17.7 Å². The van der Waals surface area contributed by atoms with E-state index in [9.17, 15) is 4.79 Å². The van der Waals surface area contributed by atoms with E-state index in [1.54, 1.807) is 6.92 Å². The topological polar surface area (TPSA) is 38.1 Å². The summed E-state index contributed by atoms with van der Waals surface area (Å²) in [4.78, 5) is 14.3. The molecule has 0 spiro atoms. The second-order valence-corrected chi connectivity index (χ2v) is 8.80. The van der Waals surface area contributed by atoms with Gasteiger partial charge < -0.3 is 4.90 Å². The van der Waals surface area contributed by atoms with Crippen molar-refractivity contribution in [2.45, 2.75) is 78.7 Å². The Morgan fingerprint density at radius 1 is 1.28 bits per heavy atom. The van der Waals surface area contributed by atoms with Crippen LogP contribution in [0.3, 0.4) is 0 Å². The quantitative estimate of drug-likeness (QED) is 0.429. The van der Waals surface area contributed by atoms with Gasteiger partial charge in [0.2, 0.25) is 5.91 Å². The largest absolute Gasteiger partial charge is 0.342 e. The minimum absolute atomic E-state index is 0.115. The summed E-state index contributed by atoms with van der Waals surface area (Å²) in [5, 5.41) is 4.87. The van der Waals surface area contributed by atoms with E-state index in [1.807, 2.05) is 23.1 Å². The van der Waals surface area contributed by atoms with E-state index in [2.05, 4.69) is 58.0 Å². The van der Waals surface area contributed by atoms with Gasteiger partial charge in [0.1, 0.15) is 0 Å². The van der Waals surface area contributed by atoms with Crippen LogP contribution < -0.4 is 0 Å². The van der Waals surface area contributed by atoms with Gasteiger partial charge >= 0.3 is 0 Å². The summed E-state index contributed by atoms with van der Waals surface area (Å²) in [5.74, 6) is 1.21. The molecule has 0 aliphatic heterocycles. The predicted octanol–water partition coefficient (Wildman–Crippen LogP) is 6.01. The molecular formula is C25H39N3O. The molecule has 1 fully saturated rings. The number of allylic oxidation sites excluding steroid dienone is 4. The molecule has 1 aromatic heterocycles. The highest BCUT2D eigenvalue weighted by molar-refractivity contribution is 5.73. The predicted molar refractivity (Wildman–Crippen MR) is 122 cm³/mol. The minimum atomic E-state index is 0.115. The Balaban J connectivity index is 2.06. The number of hydrogen-bond donors (Lipinski definition) is 0. The number of nitrogens with zero attached hydrogens (tertiary/aromatic N) is 3. The van der Waals surface area contributed by atoms with E-state index in [0.29, 0.717) is 25.0 Å². The number of aromatic nitrogens is 2. The molecule has 2 unspecified atom stereocenters. The molecule has 1 aromatic rings. The maximum atomic E-state index is 12.4. The fourth-order valence-electron chi connectivity index (χ4n) is 3.55. The highest BCUT2D eigenvalue weighted by Gasteiger charge is 2.29. The van der Waals surface area contributed by atoms with Crippen LogP contribution >= 0.6 is 0 Å². The molecule has 0 aromatic carbocycles. The number of amides is 1. The van der Waals surface area contributed by atoms with Gasteiger partial charge in [0.15, 0.2) is 0 Å². The first-order valence-corrected chi connectivity index (χ1v) is 11.1. The molecule has 0 saturated heterocycles. The van der Waals surface area contributed by atoms with Crippen LogP contribution in [0, 0.1) is 5.92 Å². The average Bonchev–Trinajstić information content (AvgIpc) is 3.41. The highest BCUT2D eigenvalue weighted by Crippen LogP contribution is 2.40. The summed E-state index contributed by atoms with van der Waals surface area (Å²) >= 11 is 0. The fraction of sp³-hybridized carbons (Fsp3) is 0.600. The lowest BCUT2D eigenvalue weighted by atomic mass is 10.00. The minimum Gasteiger partial charge on any atom is -0.342 e. The Labute approximate surface area is 177 Å². The zero-order chi connectivity index (χ0) is 21.6. The highest BCUT2D eigenvalue weighted by atomic mass is 16.2. The van der Waals surface area contributed by atoms with Crippen LogP contribution in [0.4, 0.5) is 0 Å². The molecule has 4 heteroatoms. The number of rotatable bonds is 11. The first-order chi connectivity index (χ1) is 13.7. The van der Waals surface area contributed by atoms with E-state index < -0.39 is 0 Å². The summed E-state index contributed by atoms with van der Waals surface area (Å²) in [7, 11) is 0. The van der Waals surface area contributed by atoms with Crippen molar-refractivity contribution in [1.82, 2.24) is 14.7 Å². The normalized spacial score (nSPS) is 16.7. The van der Waals surface area contributed by atoms with Crippen molar-refractivity contribution in [3.05, 3.63) is 53.9 Å². The van der Waals surface area contributed by atoms with Gasteiger partial charge in [0, 0.05) is 43.6 Å². The second-order valence-electron chi connectivity index (χ2n) is 8.80. The van der Waals surface area contributed by atoms with Gasteiger partial charge in [-0.15, -0.1) is 0 Å². The Morgan fingerprint density at radius 3 is 2.52 bits per heavy atom. The Hall–Kier alpha value is -2.10. The third kappa shape index (κ3) is 6.73. The average molecular weight is 398 g/mol. The monoisotopic (exact) mass is 397 g/mol. The van der Waals surface area contributed by atoms with Crippen LogP contribution in [-0.4, -0.2) is 33.7 Å². The number of carbonyl (C=O) groups is 1. The summed E-state index contributed by atoms with van der Waals surface area (Å²) in [6.07, 6.45) is 11.8. The van der Waals surface area contributed by atoms with E-state index >= 15 is 0 Å². The van der Waals surface area contributed by atoms with Crippen molar-refractivity contribution in [2.75, 3.05) is 13.1 Å². The summed E-state index contributed by atoms with van der Waals surface area (Å²) in [6.45, 7) is 18.1. The van der Waals surface area contributed by atoms with Gasteiger partial charge in [-0.05, 0) is 45.1 Å². The summed E-state index contributed by atoms with van der Waals surface area (Å²) in [6, 6.07) is 2.59. The molecule has 4 nitrogen and oxygen atoms in total. The van der Waals surface area contributed by atoms with E-state index in [0.717, 1.165) is 12.0 Å². The molecule has 2 rings (SSSR count). The molecule has 1 amide bonds. The first-order valence-electron chi connectivity index (χ1n) is 11.1. The third-order valence-electron chi connectivity index (χ3n) is 5.63. The van der Waals surface area contributed by atoms with Gasteiger partial charge in [0.05, 0.1) is 5.69 Å². The second kappa shape index (κ2) is 10.6. The lowest BCUT2D eigenvalue weighted by Gasteiger charge is -2.28. The van der Waals surface area contributed by atoms with Gasteiger partial charge in [-0.2, -0.15) is 5.10 Å². The van der Waals surface area contributed by atoms with Crippen LogP contribution in [0.5, 0.6) is 0 Å². The summed E-state index contributed by atoms with van der Waals surface area (Å²) in [5.41, 5.74) is 3.51. The molecule has 1 aliphatic rings. The molecule has 160 valence electrons. The lowest BCUT2D eigenvalue weighted by molar-refractivity contribution is -0.129. The van der Waals surface area contributed by atoms with Crippen molar-refractivity contribution in [3.8, 4) is 0 Å². The van der Waals surface area contributed by atoms with Crippen molar-refractivity contribution in [3.63, 3.8) is 0 Å². The van der Waals surface area contributed by atoms with E-state index in [4.69, 9.17) is 5.10 Å². The lowest BCUT2D eigenvalue weighted by Crippen LogP contribution is -2.36. The molecule has 2 atom stereocenters. The van der Waals surface area contributed by atoms with Crippen molar-refractivity contribution in [2.24, 2.45) is 5.92 Å². The van der Waals surface area contributed by atoms with Crippen molar-refractivity contribution in [1.29, 1.82) is 0 Å². The molecule has 1 saturated carbocycles. The zero-order valence-corrected chi connectivity index (χ0v) is 19.2. The third-order valence-corrected chi connectivity index (χ3v) is 5.63. The van der Waals surface area contributed by atoms with Crippen molar-refractivity contribution >= 4 is 5.91 Å². The standard InChI is InChI=1S/C25H39N3O/c1-8-9-10-11-12-19(4)20(5)16-27(22(7)29)17-21(6)25-15-24(23-13-14-23)26-28(25)18(2)3/h9-12,15,18,20-21,23H,4,8,13-14,16-17H2,1-3,5-7H3/b10-9-,12-11-. The maximum Gasteiger partial charge on any atom is 0.219 e. The van der Waals surface area contributed by atoms with Crippen LogP contribution in [0.1, 0.15) is 90.1 Å². The van der Waals surface area contributed by atoms with Gasteiger partial charge in [0.25, 0.3) is 0 Å². The van der Waals surface area contributed by atoms with Crippen LogP contribution in [0.15, 0.2) is 42.5 Å². The van der Waals surface area contributed by atoms with Crippen LogP contribution in [0.2, 0.25) is 0 Å². The van der Waals surface area contributed by atoms with E-state index in [1.165, 1.54) is 24.2 Å². The zero-order valence-electron chi connectivity index (χ0n) is 19.2. The van der Waals surface area contributed by atoms with Crippen LogP contribution in [0.25, 0.3) is 0 Å². The molecule has 1 aliphatic carbocycles. The van der Waals surface area contributed by atoms with Crippen LogP contribution in [-0.2, 0) is 4.79 Å². The molecule has 0 bridgehead atoms. The number of hydrogen-bond acceptors (Lipinski definition) is 2. The van der Waals surface area contributed by atoms with Gasteiger partial charge in [-0.3, -0.25) is 9.48 Å². The molecular weight excluding hydrogens is 358 g/mol. The SMILES string of the molecule is C=C(/C=C\C=C/CC)C(C)CN(CC(C)c1cc(C2CC2)nn1C(C)C)C(C)=O. The van der Waals surface area contributed by atoms with Gasteiger partial charge in [-0.1, -0.05) is 57.2 Å². The molecule has 0 radical (unpaired) electrons. The smallest absolute Gasteiger partial charge is 0.219 e. The first kappa shape index (κ1) is 23.2. The van der Waals surface area contributed by atoms with Crippen molar-refractivity contribution < 1.29 is 4.79 Å². The fourth-order valence-corrected chi connectivity index (χ4v) is 3.55. The Kier molecular flexibility index (Phi) is 8.48. The maximum absolute atomic E-state index is 12.4.